The van der Waals surface area contributed by atoms with Crippen molar-refractivity contribution >= 4 is 27.7 Å². The third-order valence-electron chi connectivity index (χ3n) is 1.15. The summed E-state index contributed by atoms with van der Waals surface area (Å²) in [6, 6.07) is 2.03. The molecule has 0 amide bonds. The summed E-state index contributed by atoms with van der Waals surface area (Å²) in [7, 11) is 0. The maximum Gasteiger partial charge on any atom is 0.0494 e. The van der Waals surface area contributed by atoms with Crippen molar-refractivity contribution in [2.24, 2.45) is 0 Å². The van der Waals surface area contributed by atoms with Crippen molar-refractivity contribution in [2.75, 3.05) is 0 Å². The molecule has 0 aliphatic carbocycles. The molecule has 1 aromatic rings. The number of halogens is 1. The third-order valence-corrected chi connectivity index (χ3v) is 3.23. The first-order valence-corrected chi connectivity index (χ1v) is 5.38. The predicted octanol–water partition coefficient (Wildman–Crippen LogP) is 3.73. The Kier molecular flexibility index (Phi) is 3.18. The van der Waals surface area contributed by atoms with Crippen LogP contribution in [0.1, 0.15) is 20.8 Å². The largest absolute Gasteiger partial charge is 0.263 e. The van der Waals surface area contributed by atoms with E-state index in [9.17, 15) is 0 Å². The highest BCUT2D eigenvalue weighted by Crippen LogP contribution is 2.35. The van der Waals surface area contributed by atoms with Crippen LogP contribution in [0.5, 0.6) is 0 Å². The molecule has 0 N–H and O–H groups in total. The van der Waals surface area contributed by atoms with E-state index < -0.39 is 0 Å². The second-order valence-electron chi connectivity index (χ2n) is 3.52. The Morgan fingerprint density at radius 1 is 1.42 bits per heavy atom. The molecule has 0 fully saturated rings. The molecular formula is C9H12BrNS. The SMILES string of the molecule is CC(C)(C)Sc1ccncc1Br. The number of hydrogen-bond donors (Lipinski definition) is 0. The van der Waals surface area contributed by atoms with Crippen LogP contribution in [0.2, 0.25) is 0 Å². The Bertz CT molecular complexity index is 267. The Balaban J connectivity index is 2.83. The molecule has 1 rings (SSSR count). The van der Waals surface area contributed by atoms with E-state index in [1.165, 1.54) is 4.90 Å². The van der Waals surface area contributed by atoms with Crippen molar-refractivity contribution in [3.8, 4) is 0 Å². The summed E-state index contributed by atoms with van der Waals surface area (Å²) in [6.45, 7) is 6.60. The van der Waals surface area contributed by atoms with Crippen molar-refractivity contribution in [3.05, 3.63) is 22.9 Å². The van der Waals surface area contributed by atoms with Gasteiger partial charge in [-0.25, -0.2) is 0 Å². The number of hydrogen-bond acceptors (Lipinski definition) is 2. The fourth-order valence-electron chi connectivity index (χ4n) is 0.775. The van der Waals surface area contributed by atoms with Crippen LogP contribution < -0.4 is 0 Å². The van der Waals surface area contributed by atoms with E-state index in [0.717, 1.165) is 4.47 Å². The molecule has 0 aliphatic rings. The first-order valence-electron chi connectivity index (χ1n) is 3.77. The van der Waals surface area contributed by atoms with Crippen molar-refractivity contribution in [3.63, 3.8) is 0 Å². The number of aromatic nitrogens is 1. The molecule has 0 aliphatic heterocycles. The molecule has 66 valence electrons. The summed E-state index contributed by atoms with van der Waals surface area (Å²) in [5, 5.41) is 0. The molecule has 1 aromatic heterocycles. The van der Waals surface area contributed by atoms with Gasteiger partial charge in [0.05, 0.1) is 0 Å². The molecule has 0 saturated heterocycles. The average molecular weight is 246 g/mol. The highest BCUT2D eigenvalue weighted by Gasteiger charge is 2.13. The molecule has 0 saturated carbocycles. The normalized spacial score (nSPS) is 11.7. The molecule has 12 heavy (non-hydrogen) atoms. The van der Waals surface area contributed by atoms with Crippen molar-refractivity contribution in [1.29, 1.82) is 0 Å². The monoisotopic (exact) mass is 245 g/mol. The van der Waals surface area contributed by atoms with Crippen LogP contribution in [0, 0.1) is 0 Å². The quantitative estimate of drug-likeness (QED) is 0.700. The molecule has 0 radical (unpaired) electrons. The van der Waals surface area contributed by atoms with Gasteiger partial charge in [-0.3, -0.25) is 4.98 Å². The van der Waals surface area contributed by atoms with Gasteiger partial charge in [-0.1, -0.05) is 20.8 Å². The first kappa shape index (κ1) is 10.1. The lowest BCUT2D eigenvalue weighted by atomic mass is 10.3. The minimum Gasteiger partial charge on any atom is -0.263 e. The van der Waals surface area contributed by atoms with Gasteiger partial charge >= 0.3 is 0 Å². The van der Waals surface area contributed by atoms with E-state index in [2.05, 4.69) is 41.7 Å². The summed E-state index contributed by atoms with van der Waals surface area (Å²) in [4.78, 5) is 5.26. The molecule has 0 bridgehead atoms. The van der Waals surface area contributed by atoms with Crippen LogP contribution in [0.3, 0.4) is 0 Å². The molecule has 1 heterocycles. The molecular weight excluding hydrogens is 234 g/mol. The fraction of sp³-hybridized carbons (Fsp3) is 0.444. The van der Waals surface area contributed by atoms with E-state index in [0.29, 0.717) is 0 Å². The van der Waals surface area contributed by atoms with Crippen LogP contribution in [0.25, 0.3) is 0 Å². The van der Waals surface area contributed by atoms with Crippen molar-refractivity contribution in [2.45, 2.75) is 30.4 Å². The topological polar surface area (TPSA) is 12.9 Å². The highest BCUT2D eigenvalue weighted by molar-refractivity contribution is 9.10. The highest BCUT2D eigenvalue weighted by atomic mass is 79.9. The van der Waals surface area contributed by atoms with Gasteiger partial charge in [-0.15, -0.1) is 11.8 Å². The van der Waals surface area contributed by atoms with E-state index >= 15 is 0 Å². The van der Waals surface area contributed by atoms with E-state index in [1.807, 2.05) is 30.2 Å². The number of rotatable bonds is 1. The van der Waals surface area contributed by atoms with Gasteiger partial charge in [0.1, 0.15) is 0 Å². The van der Waals surface area contributed by atoms with Gasteiger partial charge in [0.25, 0.3) is 0 Å². The lowest BCUT2D eigenvalue weighted by Crippen LogP contribution is -2.06. The molecule has 0 aromatic carbocycles. The van der Waals surface area contributed by atoms with E-state index in [-0.39, 0.29) is 4.75 Å². The fourth-order valence-corrected chi connectivity index (χ4v) is 2.21. The van der Waals surface area contributed by atoms with Gasteiger partial charge in [-0.05, 0) is 22.0 Å². The standard InChI is InChI=1S/C9H12BrNS/c1-9(2,3)12-8-4-5-11-6-7(8)10/h4-6H,1-3H3. The smallest absolute Gasteiger partial charge is 0.0494 e. The first-order chi connectivity index (χ1) is 5.49. The molecule has 3 heteroatoms. The number of nitrogens with zero attached hydrogens (tertiary/aromatic N) is 1. The average Bonchev–Trinajstić information content (AvgIpc) is 1.91. The van der Waals surface area contributed by atoms with E-state index in [1.54, 1.807) is 0 Å². The van der Waals surface area contributed by atoms with Gasteiger partial charge in [0.2, 0.25) is 0 Å². The van der Waals surface area contributed by atoms with Crippen molar-refractivity contribution in [1.82, 2.24) is 4.98 Å². The molecule has 0 atom stereocenters. The zero-order chi connectivity index (χ0) is 9.19. The zero-order valence-corrected chi connectivity index (χ0v) is 9.87. The summed E-state index contributed by atoms with van der Waals surface area (Å²) >= 11 is 5.31. The Hall–Kier alpha value is -0.0200. The Morgan fingerprint density at radius 3 is 2.58 bits per heavy atom. The Morgan fingerprint density at radius 2 is 2.08 bits per heavy atom. The van der Waals surface area contributed by atoms with Crippen LogP contribution in [-0.2, 0) is 0 Å². The third kappa shape index (κ3) is 3.15. The van der Waals surface area contributed by atoms with Gasteiger partial charge in [0, 0.05) is 26.5 Å². The van der Waals surface area contributed by atoms with Crippen LogP contribution in [0.4, 0.5) is 0 Å². The lowest BCUT2D eigenvalue weighted by molar-refractivity contribution is 0.802. The number of pyridine rings is 1. The number of thioether (sulfide) groups is 1. The van der Waals surface area contributed by atoms with Gasteiger partial charge in [0.15, 0.2) is 0 Å². The van der Waals surface area contributed by atoms with Crippen LogP contribution in [0.15, 0.2) is 27.8 Å². The van der Waals surface area contributed by atoms with Crippen LogP contribution >= 0.6 is 27.7 Å². The van der Waals surface area contributed by atoms with Gasteiger partial charge < -0.3 is 0 Å². The minimum atomic E-state index is 0.254. The second kappa shape index (κ2) is 3.79. The molecule has 0 unspecified atom stereocenters. The summed E-state index contributed by atoms with van der Waals surface area (Å²) in [6.07, 6.45) is 3.65. The van der Waals surface area contributed by atoms with Gasteiger partial charge in [-0.2, -0.15) is 0 Å². The second-order valence-corrected chi connectivity index (χ2v) is 6.24. The van der Waals surface area contributed by atoms with E-state index in [4.69, 9.17) is 0 Å². The summed E-state index contributed by atoms with van der Waals surface area (Å²) in [5.41, 5.74) is 0. The predicted molar refractivity (Wildman–Crippen MR) is 57.5 cm³/mol. The lowest BCUT2D eigenvalue weighted by Gasteiger charge is -2.17. The molecule has 1 nitrogen and oxygen atoms in total. The minimum absolute atomic E-state index is 0.254. The maximum absolute atomic E-state index is 4.01. The van der Waals surface area contributed by atoms with Crippen molar-refractivity contribution < 1.29 is 0 Å². The van der Waals surface area contributed by atoms with Crippen LogP contribution in [-0.4, -0.2) is 9.73 Å². The zero-order valence-electron chi connectivity index (χ0n) is 7.47. The Labute approximate surface area is 86.1 Å². The molecule has 0 spiro atoms. The maximum atomic E-state index is 4.01. The summed E-state index contributed by atoms with van der Waals surface area (Å²) in [5.74, 6) is 0. The summed E-state index contributed by atoms with van der Waals surface area (Å²) < 4.78 is 1.33.